The standard InChI is InChI=1S/C21H22FN3O2/c1-2-11-24-12-13-25(19-8-5-17(22)14-20(19)24)21(26)15-27-18-6-3-16(4-7-18)9-10-23/h3-8,14H,2,9,11-13,15H2,1H3. The fourth-order valence-corrected chi connectivity index (χ4v) is 3.22. The molecule has 0 radical (unpaired) electrons. The molecule has 0 spiro atoms. The highest BCUT2D eigenvalue weighted by Gasteiger charge is 2.27. The van der Waals surface area contributed by atoms with E-state index in [0.717, 1.165) is 24.2 Å². The molecule has 140 valence electrons. The lowest BCUT2D eigenvalue weighted by molar-refractivity contribution is -0.120. The van der Waals surface area contributed by atoms with Crippen LogP contribution in [0.25, 0.3) is 0 Å². The molecule has 0 bridgehead atoms. The first kappa shape index (κ1) is 18.7. The zero-order valence-electron chi connectivity index (χ0n) is 15.3. The molecular formula is C21H22FN3O2. The molecule has 1 amide bonds. The van der Waals surface area contributed by atoms with Gasteiger partial charge in [-0.1, -0.05) is 19.1 Å². The smallest absolute Gasteiger partial charge is 0.265 e. The average Bonchev–Trinajstić information content (AvgIpc) is 2.68. The molecule has 0 aliphatic carbocycles. The number of hydrogen-bond donors (Lipinski definition) is 0. The van der Waals surface area contributed by atoms with Crippen LogP contribution in [-0.4, -0.2) is 32.1 Å². The number of rotatable bonds is 6. The van der Waals surface area contributed by atoms with Crippen molar-refractivity contribution in [1.82, 2.24) is 0 Å². The lowest BCUT2D eigenvalue weighted by atomic mass is 10.1. The van der Waals surface area contributed by atoms with Crippen molar-refractivity contribution in [3.8, 4) is 11.8 Å². The molecule has 1 heterocycles. The molecule has 2 aromatic rings. The van der Waals surface area contributed by atoms with Gasteiger partial charge in [0.2, 0.25) is 0 Å². The largest absolute Gasteiger partial charge is 0.484 e. The third-order valence-electron chi connectivity index (χ3n) is 4.53. The maximum Gasteiger partial charge on any atom is 0.265 e. The Hall–Kier alpha value is -3.07. The minimum absolute atomic E-state index is 0.0950. The van der Waals surface area contributed by atoms with E-state index in [4.69, 9.17) is 10.00 Å². The number of hydrogen-bond acceptors (Lipinski definition) is 4. The second kappa shape index (κ2) is 8.54. The van der Waals surface area contributed by atoms with Crippen LogP contribution in [0, 0.1) is 17.1 Å². The predicted molar refractivity (Wildman–Crippen MR) is 103 cm³/mol. The number of amides is 1. The summed E-state index contributed by atoms with van der Waals surface area (Å²) < 4.78 is 19.3. The van der Waals surface area contributed by atoms with E-state index in [-0.39, 0.29) is 18.3 Å². The van der Waals surface area contributed by atoms with Gasteiger partial charge in [0, 0.05) is 19.6 Å². The molecule has 3 rings (SSSR count). The summed E-state index contributed by atoms with van der Waals surface area (Å²) in [7, 11) is 0. The molecule has 0 saturated carbocycles. The summed E-state index contributed by atoms with van der Waals surface area (Å²) in [5, 5.41) is 8.70. The summed E-state index contributed by atoms with van der Waals surface area (Å²) in [6.07, 6.45) is 1.30. The first-order valence-corrected chi connectivity index (χ1v) is 9.06. The number of carbonyl (C=O) groups excluding carboxylic acids is 1. The molecule has 0 unspecified atom stereocenters. The van der Waals surface area contributed by atoms with E-state index in [2.05, 4.69) is 17.9 Å². The summed E-state index contributed by atoms with van der Waals surface area (Å²) in [5.74, 6) is 0.104. The SMILES string of the molecule is CCCN1CCN(C(=O)COc2ccc(CC#N)cc2)c2ccc(F)cc21. The maximum absolute atomic E-state index is 13.7. The van der Waals surface area contributed by atoms with Crippen LogP contribution >= 0.6 is 0 Å². The summed E-state index contributed by atoms with van der Waals surface area (Å²) in [4.78, 5) is 16.5. The predicted octanol–water partition coefficient (Wildman–Crippen LogP) is 3.53. The third kappa shape index (κ3) is 4.37. The van der Waals surface area contributed by atoms with Crippen molar-refractivity contribution < 1.29 is 13.9 Å². The van der Waals surface area contributed by atoms with Crippen molar-refractivity contribution in [2.24, 2.45) is 0 Å². The number of carbonyl (C=O) groups is 1. The molecular weight excluding hydrogens is 345 g/mol. The van der Waals surface area contributed by atoms with E-state index in [1.807, 2.05) is 12.1 Å². The highest BCUT2D eigenvalue weighted by molar-refractivity contribution is 5.98. The molecule has 0 saturated heterocycles. The van der Waals surface area contributed by atoms with Gasteiger partial charge in [-0.25, -0.2) is 4.39 Å². The van der Waals surface area contributed by atoms with Gasteiger partial charge in [-0.15, -0.1) is 0 Å². The summed E-state index contributed by atoms with van der Waals surface area (Å²) in [6.45, 7) is 4.01. The Morgan fingerprint density at radius 2 is 1.96 bits per heavy atom. The van der Waals surface area contributed by atoms with Gasteiger partial charge in [0.25, 0.3) is 5.91 Å². The van der Waals surface area contributed by atoms with Crippen LogP contribution in [-0.2, 0) is 11.2 Å². The number of benzene rings is 2. The van der Waals surface area contributed by atoms with Gasteiger partial charge in [-0.3, -0.25) is 4.79 Å². The quantitative estimate of drug-likeness (QED) is 0.784. The summed E-state index contributed by atoms with van der Waals surface area (Å²) in [5.41, 5.74) is 2.37. The van der Waals surface area contributed by atoms with Gasteiger partial charge in [-0.2, -0.15) is 5.26 Å². The zero-order valence-corrected chi connectivity index (χ0v) is 15.3. The number of ether oxygens (including phenoxy) is 1. The minimum atomic E-state index is -0.308. The van der Waals surface area contributed by atoms with E-state index >= 15 is 0 Å². The molecule has 6 heteroatoms. The molecule has 0 atom stereocenters. The van der Waals surface area contributed by atoms with Gasteiger partial charge >= 0.3 is 0 Å². The number of halogens is 1. The Morgan fingerprint density at radius 3 is 2.67 bits per heavy atom. The Bertz CT molecular complexity index is 845. The van der Waals surface area contributed by atoms with E-state index in [1.165, 1.54) is 12.1 Å². The second-order valence-corrected chi connectivity index (χ2v) is 6.43. The van der Waals surface area contributed by atoms with Crippen LogP contribution in [0.3, 0.4) is 0 Å². The maximum atomic E-state index is 13.7. The Balaban J connectivity index is 1.69. The summed E-state index contributed by atoms with van der Waals surface area (Å²) in [6, 6.07) is 13.7. The van der Waals surface area contributed by atoms with Gasteiger partial charge in [0.15, 0.2) is 6.61 Å². The number of nitrogens with zero attached hydrogens (tertiary/aromatic N) is 3. The lowest BCUT2D eigenvalue weighted by Crippen LogP contribution is -2.46. The molecule has 0 aromatic heterocycles. The summed E-state index contributed by atoms with van der Waals surface area (Å²) >= 11 is 0. The lowest BCUT2D eigenvalue weighted by Gasteiger charge is -2.37. The fourth-order valence-electron chi connectivity index (χ4n) is 3.22. The number of anilines is 2. The Morgan fingerprint density at radius 1 is 1.19 bits per heavy atom. The Labute approximate surface area is 158 Å². The van der Waals surface area contributed by atoms with Gasteiger partial charge in [-0.05, 0) is 42.3 Å². The van der Waals surface area contributed by atoms with Gasteiger partial charge < -0.3 is 14.5 Å². The molecule has 0 N–H and O–H groups in total. The van der Waals surface area contributed by atoms with Crippen LogP contribution in [0.15, 0.2) is 42.5 Å². The number of nitriles is 1. The van der Waals surface area contributed by atoms with Crippen molar-refractivity contribution in [3.05, 3.63) is 53.8 Å². The topological polar surface area (TPSA) is 56.6 Å². The van der Waals surface area contributed by atoms with Crippen molar-refractivity contribution in [3.63, 3.8) is 0 Å². The minimum Gasteiger partial charge on any atom is -0.484 e. The molecule has 1 aliphatic heterocycles. The molecule has 2 aromatic carbocycles. The van der Waals surface area contributed by atoms with Crippen LogP contribution in [0.1, 0.15) is 18.9 Å². The van der Waals surface area contributed by atoms with E-state index < -0.39 is 0 Å². The van der Waals surface area contributed by atoms with Crippen LogP contribution in [0.2, 0.25) is 0 Å². The van der Waals surface area contributed by atoms with Crippen LogP contribution in [0.5, 0.6) is 5.75 Å². The fraction of sp³-hybridized carbons (Fsp3) is 0.333. The number of fused-ring (bicyclic) bond motifs is 1. The van der Waals surface area contributed by atoms with Gasteiger partial charge in [0.1, 0.15) is 11.6 Å². The molecule has 1 aliphatic rings. The zero-order chi connectivity index (χ0) is 19.2. The van der Waals surface area contributed by atoms with E-state index in [0.29, 0.717) is 30.9 Å². The normalized spacial score (nSPS) is 13.1. The van der Waals surface area contributed by atoms with Gasteiger partial charge in [0.05, 0.1) is 23.9 Å². The second-order valence-electron chi connectivity index (χ2n) is 6.43. The van der Waals surface area contributed by atoms with E-state index in [9.17, 15) is 9.18 Å². The van der Waals surface area contributed by atoms with Crippen molar-refractivity contribution in [2.75, 3.05) is 36.0 Å². The third-order valence-corrected chi connectivity index (χ3v) is 4.53. The van der Waals surface area contributed by atoms with Crippen LogP contribution < -0.4 is 14.5 Å². The first-order valence-electron chi connectivity index (χ1n) is 9.06. The monoisotopic (exact) mass is 367 g/mol. The highest BCUT2D eigenvalue weighted by Crippen LogP contribution is 2.34. The van der Waals surface area contributed by atoms with Crippen LogP contribution in [0.4, 0.5) is 15.8 Å². The Kier molecular flexibility index (Phi) is 5.92. The van der Waals surface area contributed by atoms with Crippen molar-refractivity contribution in [1.29, 1.82) is 5.26 Å². The first-order chi connectivity index (χ1) is 13.1. The molecule has 0 fully saturated rings. The van der Waals surface area contributed by atoms with E-state index in [1.54, 1.807) is 23.1 Å². The van der Waals surface area contributed by atoms with Crippen molar-refractivity contribution in [2.45, 2.75) is 19.8 Å². The van der Waals surface area contributed by atoms with Crippen molar-refractivity contribution >= 4 is 17.3 Å². The average molecular weight is 367 g/mol. The molecule has 5 nitrogen and oxygen atoms in total. The molecule has 27 heavy (non-hydrogen) atoms. The highest BCUT2D eigenvalue weighted by atomic mass is 19.1.